The van der Waals surface area contributed by atoms with Gasteiger partial charge >= 0.3 is 0 Å². The highest BCUT2D eigenvalue weighted by molar-refractivity contribution is 5.80. The van der Waals surface area contributed by atoms with Gasteiger partial charge in [-0.3, -0.25) is 4.79 Å². The van der Waals surface area contributed by atoms with Gasteiger partial charge in [0.15, 0.2) is 0 Å². The number of likely N-dealkylation sites (N-methyl/N-ethyl adjacent to an activating group) is 1. The average molecular weight is 297 g/mol. The van der Waals surface area contributed by atoms with E-state index in [-0.39, 0.29) is 18.1 Å². The summed E-state index contributed by atoms with van der Waals surface area (Å²) in [4.78, 5) is 14.4. The highest BCUT2D eigenvalue weighted by atomic mass is 16.5. The van der Waals surface area contributed by atoms with Crippen molar-refractivity contribution < 1.29 is 14.3 Å². The molecule has 2 atom stereocenters. The zero-order chi connectivity index (χ0) is 15.2. The molecule has 2 aliphatic rings. The van der Waals surface area contributed by atoms with E-state index >= 15 is 0 Å². The summed E-state index contributed by atoms with van der Waals surface area (Å²) in [5.74, 6) is 0.923. The maximum absolute atomic E-state index is 12.5. The highest BCUT2D eigenvalue weighted by Gasteiger charge is 2.28. The van der Waals surface area contributed by atoms with Gasteiger partial charge in [0.05, 0.1) is 12.7 Å². The monoisotopic (exact) mass is 297 g/mol. The van der Waals surface area contributed by atoms with Gasteiger partial charge in [0.2, 0.25) is 0 Å². The largest absolute Gasteiger partial charge is 0.376 e. The van der Waals surface area contributed by atoms with Crippen LogP contribution in [0.5, 0.6) is 0 Å². The first-order chi connectivity index (χ1) is 10.1. The first-order valence-corrected chi connectivity index (χ1v) is 8.57. The van der Waals surface area contributed by atoms with Crippen molar-refractivity contribution in [2.24, 2.45) is 5.92 Å². The molecule has 0 radical (unpaired) electrons. The Morgan fingerprint density at radius 1 is 1.24 bits per heavy atom. The minimum atomic E-state index is -0.361. The third kappa shape index (κ3) is 4.96. The van der Waals surface area contributed by atoms with Crippen molar-refractivity contribution in [1.82, 2.24) is 4.90 Å². The lowest BCUT2D eigenvalue weighted by Crippen LogP contribution is -2.45. The number of hydrogen-bond acceptors (Lipinski definition) is 3. The SMILES string of the molecule is CC1CCC(N(C)C(=O)C(C)OCC2CCCCO2)CC1. The fourth-order valence-corrected chi connectivity index (χ4v) is 3.36. The lowest BCUT2D eigenvalue weighted by molar-refractivity contribution is -0.147. The molecule has 0 N–H and O–H groups in total. The number of amides is 1. The second-order valence-electron chi connectivity index (χ2n) is 6.83. The van der Waals surface area contributed by atoms with Gasteiger partial charge in [0.25, 0.3) is 5.91 Å². The smallest absolute Gasteiger partial charge is 0.251 e. The lowest BCUT2D eigenvalue weighted by atomic mass is 9.86. The predicted molar refractivity (Wildman–Crippen MR) is 83.2 cm³/mol. The Hall–Kier alpha value is -0.610. The zero-order valence-electron chi connectivity index (χ0n) is 13.8. The van der Waals surface area contributed by atoms with Crippen LogP contribution in [-0.2, 0) is 14.3 Å². The van der Waals surface area contributed by atoms with E-state index in [9.17, 15) is 4.79 Å². The summed E-state index contributed by atoms with van der Waals surface area (Å²) >= 11 is 0. The van der Waals surface area contributed by atoms with E-state index in [1.807, 2.05) is 18.9 Å². The van der Waals surface area contributed by atoms with Crippen molar-refractivity contribution in [2.75, 3.05) is 20.3 Å². The fourth-order valence-electron chi connectivity index (χ4n) is 3.36. The van der Waals surface area contributed by atoms with Gasteiger partial charge in [-0.15, -0.1) is 0 Å². The zero-order valence-corrected chi connectivity index (χ0v) is 13.8. The average Bonchev–Trinajstić information content (AvgIpc) is 2.53. The molecule has 1 aliphatic heterocycles. The van der Waals surface area contributed by atoms with Crippen LogP contribution in [0.2, 0.25) is 0 Å². The summed E-state index contributed by atoms with van der Waals surface area (Å²) in [5.41, 5.74) is 0. The number of carbonyl (C=O) groups is 1. The topological polar surface area (TPSA) is 38.8 Å². The van der Waals surface area contributed by atoms with E-state index in [4.69, 9.17) is 9.47 Å². The first-order valence-electron chi connectivity index (χ1n) is 8.57. The predicted octanol–water partition coefficient (Wildman–Crippen LogP) is 3.00. The van der Waals surface area contributed by atoms with Crippen molar-refractivity contribution in [3.05, 3.63) is 0 Å². The molecule has 0 spiro atoms. The van der Waals surface area contributed by atoms with Crippen molar-refractivity contribution in [2.45, 2.75) is 77.0 Å². The first kappa shape index (κ1) is 16.8. The Bertz CT molecular complexity index is 320. The van der Waals surface area contributed by atoms with E-state index in [1.54, 1.807) is 0 Å². The Balaban J connectivity index is 1.72. The van der Waals surface area contributed by atoms with Crippen LogP contribution in [-0.4, -0.2) is 49.3 Å². The maximum Gasteiger partial charge on any atom is 0.251 e. The van der Waals surface area contributed by atoms with Crippen molar-refractivity contribution in [3.8, 4) is 0 Å². The van der Waals surface area contributed by atoms with Crippen molar-refractivity contribution in [1.29, 1.82) is 0 Å². The van der Waals surface area contributed by atoms with Crippen LogP contribution in [0.1, 0.15) is 58.8 Å². The molecular formula is C17H31NO3. The van der Waals surface area contributed by atoms with E-state index < -0.39 is 0 Å². The molecule has 0 aromatic rings. The van der Waals surface area contributed by atoms with E-state index in [0.29, 0.717) is 12.6 Å². The standard InChI is InChI=1S/C17H31NO3/c1-13-7-9-15(10-8-13)18(3)17(19)14(2)21-12-16-6-4-5-11-20-16/h13-16H,4-12H2,1-3H3. The Labute approximate surface area is 129 Å². The molecule has 0 aromatic carbocycles. The molecule has 4 heteroatoms. The molecular weight excluding hydrogens is 266 g/mol. The van der Waals surface area contributed by atoms with Gasteiger partial charge in [0.1, 0.15) is 6.10 Å². The third-order valence-corrected chi connectivity index (χ3v) is 5.03. The summed E-state index contributed by atoms with van der Waals surface area (Å²) in [5, 5.41) is 0. The molecule has 1 saturated carbocycles. The molecule has 2 fully saturated rings. The normalized spacial score (nSPS) is 31.7. The summed E-state index contributed by atoms with van der Waals surface area (Å²) in [6, 6.07) is 0.394. The van der Waals surface area contributed by atoms with Crippen LogP contribution < -0.4 is 0 Å². The number of hydrogen-bond donors (Lipinski definition) is 0. The summed E-state index contributed by atoms with van der Waals surface area (Å²) in [6.07, 6.45) is 7.93. The molecule has 1 amide bonds. The minimum absolute atomic E-state index is 0.116. The van der Waals surface area contributed by atoms with Gasteiger partial charge in [-0.05, 0) is 57.8 Å². The molecule has 21 heavy (non-hydrogen) atoms. The molecule has 0 bridgehead atoms. The third-order valence-electron chi connectivity index (χ3n) is 5.03. The van der Waals surface area contributed by atoms with E-state index in [1.165, 1.54) is 19.3 Å². The summed E-state index contributed by atoms with van der Waals surface area (Å²) < 4.78 is 11.4. The quantitative estimate of drug-likeness (QED) is 0.783. The maximum atomic E-state index is 12.5. The van der Waals surface area contributed by atoms with Gasteiger partial charge in [-0.25, -0.2) is 0 Å². The summed E-state index contributed by atoms with van der Waals surface area (Å²) in [6.45, 7) is 5.54. The number of ether oxygens (including phenoxy) is 2. The molecule has 4 nitrogen and oxygen atoms in total. The fraction of sp³-hybridized carbons (Fsp3) is 0.941. The highest BCUT2D eigenvalue weighted by Crippen LogP contribution is 2.27. The van der Waals surface area contributed by atoms with Gasteiger partial charge in [0, 0.05) is 19.7 Å². The van der Waals surface area contributed by atoms with Crippen LogP contribution in [0.3, 0.4) is 0 Å². The van der Waals surface area contributed by atoms with Crippen LogP contribution in [0.15, 0.2) is 0 Å². The Morgan fingerprint density at radius 2 is 1.95 bits per heavy atom. The van der Waals surface area contributed by atoms with Gasteiger partial charge in [-0.2, -0.15) is 0 Å². The van der Waals surface area contributed by atoms with Gasteiger partial charge in [-0.1, -0.05) is 6.92 Å². The number of carbonyl (C=O) groups excluding carboxylic acids is 1. The number of nitrogens with zero attached hydrogens (tertiary/aromatic N) is 1. The second-order valence-corrected chi connectivity index (χ2v) is 6.83. The molecule has 2 rings (SSSR count). The molecule has 122 valence electrons. The van der Waals surface area contributed by atoms with Gasteiger partial charge < -0.3 is 14.4 Å². The van der Waals surface area contributed by atoms with Crippen LogP contribution in [0.25, 0.3) is 0 Å². The van der Waals surface area contributed by atoms with Crippen LogP contribution in [0, 0.1) is 5.92 Å². The molecule has 0 aromatic heterocycles. The van der Waals surface area contributed by atoms with E-state index in [0.717, 1.165) is 38.2 Å². The minimum Gasteiger partial charge on any atom is -0.376 e. The molecule has 1 heterocycles. The van der Waals surface area contributed by atoms with Crippen molar-refractivity contribution in [3.63, 3.8) is 0 Å². The molecule has 2 unspecified atom stereocenters. The van der Waals surface area contributed by atoms with E-state index in [2.05, 4.69) is 6.92 Å². The van der Waals surface area contributed by atoms with Crippen LogP contribution >= 0.6 is 0 Å². The lowest BCUT2D eigenvalue weighted by Gasteiger charge is -2.35. The Morgan fingerprint density at radius 3 is 2.57 bits per heavy atom. The second kappa shape index (κ2) is 8.14. The molecule has 1 saturated heterocycles. The molecule has 1 aliphatic carbocycles. The Kier molecular flexibility index (Phi) is 6.49. The van der Waals surface area contributed by atoms with Crippen LogP contribution in [0.4, 0.5) is 0 Å². The summed E-state index contributed by atoms with van der Waals surface area (Å²) in [7, 11) is 1.93. The number of rotatable bonds is 5. The van der Waals surface area contributed by atoms with Crippen molar-refractivity contribution >= 4 is 5.91 Å².